The molecule has 3 heterocycles. The van der Waals surface area contributed by atoms with Crippen LogP contribution in [0.5, 0.6) is 0 Å². The minimum absolute atomic E-state index is 0.185. The van der Waals surface area contributed by atoms with E-state index < -0.39 is 6.10 Å². The average Bonchev–Trinajstić information content (AvgIpc) is 2.83. The minimum atomic E-state index is -0.617. The first-order valence-electron chi connectivity index (χ1n) is 10.5. The Hall–Kier alpha value is -4.11. The van der Waals surface area contributed by atoms with E-state index in [-0.39, 0.29) is 12.5 Å². The average molecular weight is 444 g/mol. The van der Waals surface area contributed by atoms with E-state index in [0.717, 1.165) is 16.5 Å². The van der Waals surface area contributed by atoms with Crippen molar-refractivity contribution in [1.29, 1.82) is 0 Å². The van der Waals surface area contributed by atoms with Crippen LogP contribution in [-0.2, 0) is 6.54 Å². The zero-order chi connectivity index (χ0) is 23.5. The van der Waals surface area contributed by atoms with Gasteiger partial charge < -0.3 is 10.8 Å². The molecule has 1 unspecified atom stereocenters. The van der Waals surface area contributed by atoms with Crippen molar-refractivity contribution < 1.29 is 9.90 Å². The van der Waals surface area contributed by atoms with Gasteiger partial charge in [0.15, 0.2) is 0 Å². The number of nitrogens with two attached hydrogens (primary N) is 1. The molecule has 9 nitrogen and oxygen atoms in total. The molecule has 0 aliphatic rings. The smallest absolute Gasteiger partial charge is 0.272 e. The molecule has 33 heavy (non-hydrogen) atoms. The summed E-state index contributed by atoms with van der Waals surface area (Å²) in [7, 11) is 1.73. The molecule has 4 rings (SSSR count). The lowest BCUT2D eigenvalue weighted by atomic mass is 10.1. The molecular formula is C24H25N7O2. The molecule has 1 atom stereocenters. The highest BCUT2D eigenvalue weighted by atomic mass is 16.3. The number of benzene rings is 1. The number of aryl methyl sites for hydroxylation is 1. The summed E-state index contributed by atoms with van der Waals surface area (Å²) >= 11 is 0. The van der Waals surface area contributed by atoms with Gasteiger partial charge in [0.2, 0.25) is 5.95 Å². The van der Waals surface area contributed by atoms with Crippen molar-refractivity contribution in [3.05, 3.63) is 83.4 Å². The largest absolute Gasteiger partial charge is 0.389 e. The molecule has 168 valence electrons. The molecule has 0 saturated carbocycles. The second kappa shape index (κ2) is 9.17. The Morgan fingerprint density at radius 3 is 2.55 bits per heavy atom. The fraction of sp³-hybridized carbons (Fsp3) is 0.208. The zero-order valence-electron chi connectivity index (χ0n) is 18.7. The number of rotatable bonds is 6. The SMILES string of the molecule is Cc1cc2cc(C(=O)N(Cc3ccc(C(C)O)cn3)N(C)c3ncccn3)ccc2nc1N. The summed E-state index contributed by atoms with van der Waals surface area (Å²) in [5, 5.41) is 13.7. The van der Waals surface area contributed by atoms with E-state index in [4.69, 9.17) is 5.73 Å². The maximum Gasteiger partial charge on any atom is 0.272 e. The monoisotopic (exact) mass is 443 g/mol. The lowest BCUT2D eigenvalue weighted by Crippen LogP contribution is -2.45. The van der Waals surface area contributed by atoms with E-state index in [0.29, 0.717) is 28.6 Å². The maximum atomic E-state index is 13.7. The Morgan fingerprint density at radius 2 is 1.88 bits per heavy atom. The molecule has 0 aliphatic carbocycles. The van der Waals surface area contributed by atoms with E-state index in [1.165, 1.54) is 5.01 Å². The molecular weight excluding hydrogens is 418 g/mol. The van der Waals surface area contributed by atoms with Gasteiger partial charge in [-0.1, -0.05) is 6.07 Å². The molecule has 1 aromatic carbocycles. The van der Waals surface area contributed by atoms with Crippen LogP contribution in [0, 0.1) is 6.92 Å². The molecule has 0 radical (unpaired) electrons. The number of carbonyl (C=O) groups is 1. The van der Waals surface area contributed by atoms with Gasteiger partial charge in [-0.15, -0.1) is 0 Å². The van der Waals surface area contributed by atoms with E-state index in [9.17, 15) is 9.90 Å². The van der Waals surface area contributed by atoms with Crippen LogP contribution in [0.15, 0.2) is 61.1 Å². The van der Waals surface area contributed by atoms with Crippen molar-refractivity contribution >= 4 is 28.6 Å². The molecule has 3 N–H and O–H groups in total. The second-order valence-corrected chi connectivity index (χ2v) is 7.79. The van der Waals surface area contributed by atoms with Crippen LogP contribution in [0.4, 0.5) is 11.8 Å². The normalized spacial score (nSPS) is 11.9. The number of pyridine rings is 2. The van der Waals surface area contributed by atoms with Gasteiger partial charge in [-0.3, -0.25) is 14.8 Å². The minimum Gasteiger partial charge on any atom is -0.389 e. The van der Waals surface area contributed by atoms with Gasteiger partial charge in [0.1, 0.15) is 5.82 Å². The first-order chi connectivity index (χ1) is 15.8. The number of carbonyl (C=O) groups excluding carboxylic acids is 1. The Morgan fingerprint density at radius 1 is 1.12 bits per heavy atom. The van der Waals surface area contributed by atoms with Crippen LogP contribution in [-0.4, -0.2) is 43.0 Å². The quantitative estimate of drug-likeness (QED) is 0.436. The van der Waals surface area contributed by atoms with Crippen LogP contribution < -0.4 is 10.7 Å². The maximum absolute atomic E-state index is 13.7. The topological polar surface area (TPSA) is 121 Å². The summed E-state index contributed by atoms with van der Waals surface area (Å²) in [5.41, 5.74) is 9.33. The van der Waals surface area contributed by atoms with Gasteiger partial charge >= 0.3 is 0 Å². The van der Waals surface area contributed by atoms with Crippen molar-refractivity contribution in [2.45, 2.75) is 26.5 Å². The van der Waals surface area contributed by atoms with E-state index in [2.05, 4.69) is 19.9 Å². The van der Waals surface area contributed by atoms with Crippen molar-refractivity contribution in [2.24, 2.45) is 0 Å². The van der Waals surface area contributed by atoms with Crippen molar-refractivity contribution in [3.8, 4) is 0 Å². The summed E-state index contributed by atoms with van der Waals surface area (Å²) < 4.78 is 0. The van der Waals surface area contributed by atoms with Crippen LogP contribution >= 0.6 is 0 Å². The Labute approximate surface area is 191 Å². The first-order valence-corrected chi connectivity index (χ1v) is 10.5. The van der Waals surface area contributed by atoms with Crippen LogP contribution in [0.1, 0.15) is 40.2 Å². The van der Waals surface area contributed by atoms with Gasteiger partial charge in [0, 0.05) is 36.6 Å². The number of nitrogen functional groups attached to an aromatic ring is 1. The first kappa shape index (κ1) is 22.1. The summed E-state index contributed by atoms with van der Waals surface area (Å²) in [5.74, 6) is 0.594. The third-order valence-corrected chi connectivity index (χ3v) is 5.37. The van der Waals surface area contributed by atoms with Crippen molar-refractivity contribution in [2.75, 3.05) is 17.8 Å². The predicted octanol–water partition coefficient (Wildman–Crippen LogP) is 3.06. The van der Waals surface area contributed by atoms with E-state index in [1.807, 2.05) is 13.0 Å². The summed E-state index contributed by atoms with van der Waals surface area (Å²) in [6.45, 7) is 3.74. The molecule has 3 aromatic heterocycles. The molecule has 0 bridgehead atoms. The predicted molar refractivity (Wildman–Crippen MR) is 126 cm³/mol. The van der Waals surface area contributed by atoms with Gasteiger partial charge in [-0.25, -0.2) is 20.0 Å². The number of aromatic nitrogens is 4. The standard InChI is InChI=1S/C24H25N7O2/c1-15-11-19-12-17(6-8-21(19)29-22(15)25)23(33)31(30(3)24-26-9-4-10-27-24)14-20-7-5-18(13-28-20)16(2)32/h4-13,16,32H,14H2,1-3H3,(H2,25,29). The van der Waals surface area contributed by atoms with Crippen molar-refractivity contribution in [1.82, 2.24) is 24.9 Å². The third kappa shape index (κ3) is 4.73. The lowest BCUT2D eigenvalue weighted by molar-refractivity contribution is 0.0726. The fourth-order valence-electron chi connectivity index (χ4n) is 3.39. The van der Waals surface area contributed by atoms with E-state index >= 15 is 0 Å². The molecule has 9 heteroatoms. The highest BCUT2D eigenvalue weighted by Crippen LogP contribution is 2.22. The molecule has 0 aliphatic heterocycles. The number of hydrogen-bond acceptors (Lipinski definition) is 8. The molecule has 0 fully saturated rings. The number of aliphatic hydroxyl groups is 1. The highest BCUT2D eigenvalue weighted by Gasteiger charge is 2.23. The number of hydrogen-bond donors (Lipinski definition) is 2. The van der Waals surface area contributed by atoms with Crippen molar-refractivity contribution in [3.63, 3.8) is 0 Å². The van der Waals surface area contributed by atoms with Gasteiger partial charge in [0.05, 0.1) is 23.9 Å². The summed E-state index contributed by atoms with van der Waals surface area (Å²) in [6.07, 6.45) is 4.22. The molecule has 0 spiro atoms. The second-order valence-electron chi connectivity index (χ2n) is 7.79. The Balaban J connectivity index is 1.70. The van der Waals surface area contributed by atoms with Crippen LogP contribution in [0.25, 0.3) is 10.9 Å². The number of nitrogens with zero attached hydrogens (tertiary/aromatic N) is 6. The summed E-state index contributed by atoms with van der Waals surface area (Å²) in [6, 6.07) is 12.5. The third-order valence-electron chi connectivity index (χ3n) is 5.37. The van der Waals surface area contributed by atoms with Crippen LogP contribution in [0.2, 0.25) is 0 Å². The Bertz CT molecular complexity index is 1280. The molecule has 1 amide bonds. The number of amides is 1. The number of hydrazine groups is 1. The van der Waals surface area contributed by atoms with Gasteiger partial charge in [0.25, 0.3) is 5.91 Å². The number of fused-ring (bicyclic) bond motifs is 1. The number of aliphatic hydroxyl groups excluding tert-OH is 1. The van der Waals surface area contributed by atoms with Gasteiger partial charge in [-0.05, 0) is 61.4 Å². The Kier molecular flexibility index (Phi) is 6.14. The highest BCUT2D eigenvalue weighted by molar-refractivity contribution is 5.98. The van der Waals surface area contributed by atoms with Crippen LogP contribution in [0.3, 0.4) is 0 Å². The zero-order valence-corrected chi connectivity index (χ0v) is 18.7. The molecule has 4 aromatic rings. The lowest BCUT2D eigenvalue weighted by Gasteiger charge is -2.31. The van der Waals surface area contributed by atoms with Gasteiger partial charge in [-0.2, -0.15) is 0 Å². The number of anilines is 2. The molecule has 0 saturated heterocycles. The van der Waals surface area contributed by atoms with E-state index in [1.54, 1.807) is 74.0 Å². The fourth-order valence-corrected chi connectivity index (χ4v) is 3.39. The summed E-state index contributed by atoms with van der Waals surface area (Å²) in [4.78, 5) is 31.0.